The minimum absolute atomic E-state index is 0.338. The number of halogens is 1. The van der Waals surface area contributed by atoms with Crippen molar-refractivity contribution in [3.8, 4) is 0 Å². The monoisotopic (exact) mass is 338 g/mol. The van der Waals surface area contributed by atoms with Gasteiger partial charge in [0.15, 0.2) is 0 Å². The zero-order valence-electron chi connectivity index (χ0n) is 13.0. The molecule has 0 amide bonds. The molecule has 0 spiro atoms. The topological polar surface area (TPSA) is 29.3 Å². The van der Waals surface area contributed by atoms with E-state index in [2.05, 4.69) is 59.8 Å². The van der Waals surface area contributed by atoms with Crippen LogP contribution in [0.2, 0.25) is 0 Å². The molecule has 1 aromatic rings. The molecule has 1 heterocycles. The first-order valence-corrected chi connectivity index (χ1v) is 8.54. The number of hydrogen-bond acceptors (Lipinski definition) is 2. The Morgan fingerprint density at radius 1 is 1.35 bits per heavy atom. The van der Waals surface area contributed by atoms with Crippen molar-refractivity contribution in [3.05, 3.63) is 33.8 Å². The third-order valence-corrected chi connectivity index (χ3v) is 5.83. The Balaban J connectivity index is 2.21. The second kappa shape index (κ2) is 6.59. The fourth-order valence-corrected chi connectivity index (χ4v) is 4.20. The molecule has 1 saturated heterocycles. The van der Waals surface area contributed by atoms with Gasteiger partial charge in [-0.2, -0.15) is 0 Å². The van der Waals surface area contributed by atoms with E-state index in [1.807, 2.05) is 0 Å². The summed E-state index contributed by atoms with van der Waals surface area (Å²) < 4.78 is 1.19. The molecule has 1 unspecified atom stereocenters. The maximum absolute atomic E-state index is 6.10. The van der Waals surface area contributed by atoms with Crippen molar-refractivity contribution in [3.63, 3.8) is 0 Å². The molecule has 0 bridgehead atoms. The summed E-state index contributed by atoms with van der Waals surface area (Å²) in [6.45, 7) is 9.82. The van der Waals surface area contributed by atoms with Crippen molar-refractivity contribution in [2.24, 2.45) is 11.1 Å². The first-order valence-electron chi connectivity index (χ1n) is 7.75. The van der Waals surface area contributed by atoms with Crippen molar-refractivity contribution in [2.45, 2.75) is 46.1 Å². The predicted octanol–water partition coefficient (Wildman–Crippen LogP) is 4.27. The van der Waals surface area contributed by atoms with E-state index in [0.717, 1.165) is 0 Å². The van der Waals surface area contributed by atoms with Crippen LogP contribution in [0.4, 0.5) is 0 Å². The van der Waals surface area contributed by atoms with Gasteiger partial charge in [0.05, 0.1) is 0 Å². The number of rotatable bonds is 5. The molecule has 2 N–H and O–H groups in total. The molecule has 1 fully saturated rings. The van der Waals surface area contributed by atoms with Gasteiger partial charge in [0, 0.05) is 23.6 Å². The van der Waals surface area contributed by atoms with E-state index in [9.17, 15) is 0 Å². The number of likely N-dealkylation sites (tertiary alicyclic amines) is 1. The molecule has 1 aliphatic rings. The van der Waals surface area contributed by atoms with Crippen LogP contribution in [0.1, 0.15) is 50.3 Å². The van der Waals surface area contributed by atoms with Gasteiger partial charge in [-0.1, -0.05) is 41.9 Å². The Morgan fingerprint density at radius 2 is 2.05 bits per heavy atom. The van der Waals surface area contributed by atoms with Crippen LogP contribution in [0, 0.1) is 12.3 Å². The Hall–Kier alpha value is -0.380. The third-order valence-electron chi connectivity index (χ3n) is 5.15. The number of nitrogens with zero attached hydrogens (tertiary/aromatic N) is 1. The smallest absolute Gasteiger partial charge is 0.0481 e. The highest BCUT2D eigenvalue weighted by molar-refractivity contribution is 9.10. The maximum Gasteiger partial charge on any atom is 0.0481 e. The van der Waals surface area contributed by atoms with Crippen molar-refractivity contribution in [2.75, 3.05) is 19.6 Å². The standard InChI is InChI=1S/C17H27BrN2/c1-4-17(5-2)8-9-20(12-17)16(11-19)14-7-6-13(3)10-15(14)18/h6-7,10,16H,4-5,8-9,11-12,19H2,1-3H3. The van der Waals surface area contributed by atoms with E-state index in [4.69, 9.17) is 5.73 Å². The summed E-state index contributed by atoms with van der Waals surface area (Å²) in [5, 5.41) is 0. The Bertz CT molecular complexity index is 454. The second-order valence-corrected chi connectivity index (χ2v) is 7.06. The lowest BCUT2D eigenvalue weighted by Crippen LogP contribution is -2.34. The first-order chi connectivity index (χ1) is 9.55. The second-order valence-electron chi connectivity index (χ2n) is 6.20. The predicted molar refractivity (Wildman–Crippen MR) is 89.9 cm³/mol. The van der Waals surface area contributed by atoms with Gasteiger partial charge in [-0.3, -0.25) is 4.90 Å². The molecule has 1 aromatic carbocycles. The van der Waals surface area contributed by atoms with Gasteiger partial charge in [0.25, 0.3) is 0 Å². The fraction of sp³-hybridized carbons (Fsp3) is 0.647. The van der Waals surface area contributed by atoms with Gasteiger partial charge in [-0.15, -0.1) is 0 Å². The summed E-state index contributed by atoms with van der Waals surface area (Å²) in [6, 6.07) is 6.95. The molecule has 1 aliphatic heterocycles. The molecule has 112 valence electrons. The summed E-state index contributed by atoms with van der Waals surface area (Å²) in [5.74, 6) is 0. The van der Waals surface area contributed by atoms with Gasteiger partial charge in [-0.05, 0) is 55.3 Å². The highest BCUT2D eigenvalue weighted by Crippen LogP contribution is 2.41. The van der Waals surface area contributed by atoms with E-state index in [0.29, 0.717) is 18.0 Å². The minimum atomic E-state index is 0.338. The minimum Gasteiger partial charge on any atom is -0.329 e. The van der Waals surface area contributed by atoms with Crippen LogP contribution in [0.15, 0.2) is 22.7 Å². The van der Waals surface area contributed by atoms with Crippen LogP contribution in [0.5, 0.6) is 0 Å². The van der Waals surface area contributed by atoms with E-state index < -0.39 is 0 Å². The van der Waals surface area contributed by atoms with E-state index in [1.165, 1.54) is 48.0 Å². The van der Waals surface area contributed by atoms with Gasteiger partial charge >= 0.3 is 0 Å². The van der Waals surface area contributed by atoms with Gasteiger partial charge in [0.1, 0.15) is 0 Å². The Labute approximate surface area is 131 Å². The summed E-state index contributed by atoms with van der Waals surface area (Å²) in [6.07, 6.45) is 3.85. The van der Waals surface area contributed by atoms with E-state index in [1.54, 1.807) is 0 Å². The SMILES string of the molecule is CCC1(CC)CCN(C(CN)c2ccc(C)cc2Br)C1. The van der Waals surface area contributed by atoms with Crippen LogP contribution in [0.3, 0.4) is 0 Å². The maximum atomic E-state index is 6.10. The Kier molecular flexibility index (Phi) is 5.27. The molecule has 20 heavy (non-hydrogen) atoms. The fourth-order valence-electron chi connectivity index (χ4n) is 3.44. The van der Waals surface area contributed by atoms with Gasteiger partial charge in [-0.25, -0.2) is 0 Å². The molecule has 0 aromatic heterocycles. The molecule has 2 nitrogen and oxygen atoms in total. The van der Waals surface area contributed by atoms with E-state index >= 15 is 0 Å². The molecule has 0 saturated carbocycles. The van der Waals surface area contributed by atoms with Crippen molar-refractivity contribution >= 4 is 15.9 Å². The molecule has 0 radical (unpaired) electrons. The van der Waals surface area contributed by atoms with Crippen LogP contribution < -0.4 is 5.73 Å². The first kappa shape index (κ1) is 16.0. The summed E-state index contributed by atoms with van der Waals surface area (Å²) in [7, 11) is 0. The van der Waals surface area contributed by atoms with Crippen molar-refractivity contribution in [1.29, 1.82) is 0 Å². The summed E-state index contributed by atoms with van der Waals surface area (Å²) >= 11 is 3.72. The highest BCUT2D eigenvalue weighted by atomic mass is 79.9. The number of benzene rings is 1. The average molecular weight is 339 g/mol. The zero-order valence-corrected chi connectivity index (χ0v) is 14.5. The number of hydrogen-bond donors (Lipinski definition) is 1. The molecular formula is C17H27BrN2. The molecule has 0 aliphatic carbocycles. The highest BCUT2D eigenvalue weighted by Gasteiger charge is 2.38. The van der Waals surface area contributed by atoms with Crippen LogP contribution in [-0.2, 0) is 0 Å². The van der Waals surface area contributed by atoms with E-state index in [-0.39, 0.29) is 0 Å². The lowest BCUT2D eigenvalue weighted by molar-refractivity contribution is 0.197. The summed E-state index contributed by atoms with van der Waals surface area (Å²) in [4.78, 5) is 2.59. The molecule has 2 rings (SSSR count). The van der Waals surface area contributed by atoms with Crippen LogP contribution in [0.25, 0.3) is 0 Å². The normalized spacial score (nSPS) is 20.2. The Morgan fingerprint density at radius 3 is 2.55 bits per heavy atom. The zero-order chi connectivity index (χ0) is 14.8. The molecule has 1 atom stereocenters. The van der Waals surface area contributed by atoms with Crippen molar-refractivity contribution in [1.82, 2.24) is 4.90 Å². The lowest BCUT2D eigenvalue weighted by atomic mass is 9.82. The largest absolute Gasteiger partial charge is 0.329 e. The number of aryl methyl sites for hydroxylation is 1. The van der Waals surface area contributed by atoms with Crippen LogP contribution in [-0.4, -0.2) is 24.5 Å². The van der Waals surface area contributed by atoms with Crippen LogP contribution >= 0.6 is 15.9 Å². The lowest BCUT2D eigenvalue weighted by Gasteiger charge is -2.31. The summed E-state index contributed by atoms with van der Waals surface area (Å²) in [5.41, 5.74) is 9.23. The number of nitrogens with two attached hydrogens (primary N) is 1. The molecular weight excluding hydrogens is 312 g/mol. The van der Waals surface area contributed by atoms with Gasteiger partial charge < -0.3 is 5.73 Å². The molecule has 3 heteroatoms. The third kappa shape index (κ3) is 3.10. The average Bonchev–Trinajstić information content (AvgIpc) is 2.87. The quantitative estimate of drug-likeness (QED) is 0.868. The van der Waals surface area contributed by atoms with Crippen molar-refractivity contribution < 1.29 is 0 Å². The van der Waals surface area contributed by atoms with Gasteiger partial charge in [0.2, 0.25) is 0 Å².